The summed E-state index contributed by atoms with van der Waals surface area (Å²) < 4.78 is 11.0. The molecule has 17 heavy (non-hydrogen) atoms. The number of nitrogens with one attached hydrogen (secondary N) is 1. The molecule has 0 bridgehead atoms. The summed E-state index contributed by atoms with van der Waals surface area (Å²) in [6.07, 6.45) is 4.64. The van der Waals surface area contributed by atoms with Crippen molar-refractivity contribution in [3.63, 3.8) is 0 Å². The van der Waals surface area contributed by atoms with Gasteiger partial charge < -0.3 is 14.8 Å². The second-order valence-electron chi connectivity index (χ2n) is 4.86. The summed E-state index contributed by atoms with van der Waals surface area (Å²) in [6.45, 7) is 12.1. The minimum absolute atomic E-state index is 0.739. The molecule has 0 aliphatic heterocycles. The molecule has 0 atom stereocenters. The minimum Gasteiger partial charge on any atom is -0.381 e. The Hall–Kier alpha value is -0.120. The van der Waals surface area contributed by atoms with Gasteiger partial charge in [0.1, 0.15) is 0 Å². The smallest absolute Gasteiger partial charge is 0.0590 e. The van der Waals surface area contributed by atoms with Crippen molar-refractivity contribution >= 4 is 0 Å². The molecule has 0 aliphatic rings. The van der Waals surface area contributed by atoms with Crippen molar-refractivity contribution in [2.24, 2.45) is 5.92 Å². The van der Waals surface area contributed by atoms with E-state index in [0.29, 0.717) is 0 Å². The first kappa shape index (κ1) is 16.9. The third-order valence-corrected chi connectivity index (χ3v) is 2.55. The van der Waals surface area contributed by atoms with Gasteiger partial charge >= 0.3 is 0 Å². The van der Waals surface area contributed by atoms with Crippen LogP contribution in [-0.4, -0.2) is 39.5 Å². The zero-order valence-corrected chi connectivity index (χ0v) is 12.0. The molecule has 0 aromatic carbocycles. The van der Waals surface area contributed by atoms with Crippen LogP contribution in [0.15, 0.2) is 0 Å². The van der Waals surface area contributed by atoms with Crippen LogP contribution in [0.4, 0.5) is 0 Å². The van der Waals surface area contributed by atoms with E-state index in [1.807, 2.05) is 0 Å². The molecule has 0 fully saturated rings. The van der Waals surface area contributed by atoms with Crippen LogP contribution in [0.25, 0.3) is 0 Å². The van der Waals surface area contributed by atoms with Crippen LogP contribution in [0.3, 0.4) is 0 Å². The number of rotatable bonds is 13. The quantitative estimate of drug-likeness (QED) is 0.506. The zero-order valence-electron chi connectivity index (χ0n) is 12.0. The highest BCUT2D eigenvalue weighted by Crippen LogP contribution is 1.98. The minimum atomic E-state index is 0.739. The Kier molecular flexibility index (Phi) is 13.8. The Labute approximate surface area is 107 Å². The van der Waals surface area contributed by atoms with E-state index >= 15 is 0 Å². The van der Waals surface area contributed by atoms with Crippen molar-refractivity contribution in [1.29, 1.82) is 0 Å². The predicted molar refractivity (Wildman–Crippen MR) is 73.5 cm³/mol. The van der Waals surface area contributed by atoms with Gasteiger partial charge in [0.15, 0.2) is 0 Å². The molecule has 0 amide bonds. The first-order chi connectivity index (χ1) is 8.27. The number of hydrogen-bond acceptors (Lipinski definition) is 3. The van der Waals surface area contributed by atoms with E-state index in [1.165, 1.54) is 12.8 Å². The summed E-state index contributed by atoms with van der Waals surface area (Å²) >= 11 is 0. The lowest BCUT2D eigenvalue weighted by atomic mass is 10.1. The van der Waals surface area contributed by atoms with Crippen molar-refractivity contribution in [2.75, 3.05) is 39.5 Å². The molecule has 104 valence electrons. The zero-order chi connectivity index (χ0) is 12.8. The van der Waals surface area contributed by atoms with Crippen molar-refractivity contribution in [3.05, 3.63) is 0 Å². The first-order valence-electron chi connectivity index (χ1n) is 7.13. The van der Waals surface area contributed by atoms with Crippen LogP contribution in [0, 0.1) is 5.92 Å². The van der Waals surface area contributed by atoms with Crippen LogP contribution in [0.1, 0.15) is 46.5 Å². The van der Waals surface area contributed by atoms with Gasteiger partial charge in [0.25, 0.3) is 0 Å². The molecule has 3 nitrogen and oxygen atoms in total. The summed E-state index contributed by atoms with van der Waals surface area (Å²) in [5.41, 5.74) is 0. The highest BCUT2D eigenvalue weighted by Gasteiger charge is 1.94. The van der Waals surface area contributed by atoms with E-state index in [2.05, 4.69) is 26.1 Å². The number of ether oxygens (including phenoxy) is 2. The molecule has 0 saturated heterocycles. The Morgan fingerprint density at radius 1 is 0.882 bits per heavy atom. The van der Waals surface area contributed by atoms with Gasteiger partial charge in [-0.05, 0) is 31.7 Å². The average molecular weight is 245 g/mol. The van der Waals surface area contributed by atoms with Gasteiger partial charge in [0, 0.05) is 26.4 Å². The summed E-state index contributed by atoms with van der Waals surface area (Å²) in [6, 6.07) is 0. The Morgan fingerprint density at radius 3 is 2.29 bits per heavy atom. The van der Waals surface area contributed by atoms with Crippen LogP contribution in [0.5, 0.6) is 0 Å². The third kappa shape index (κ3) is 15.9. The normalized spacial score (nSPS) is 11.3. The second kappa shape index (κ2) is 13.9. The maximum absolute atomic E-state index is 5.51. The molecule has 0 spiro atoms. The van der Waals surface area contributed by atoms with E-state index in [0.717, 1.165) is 58.3 Å². The van der Waals surface area contributed by atoms with Crippen molar-refractivity contribution in [2.45, 2.75) is 46.5 Å². The number of hydrogen-bond donors (Lipinski definition) is 1. The Bertz CT molecular complexity index is 140. The van der Waals surface area contributed by atoms with Crippen molar-refractivity contribution < 1.29 is 9.47 Å². The molecular weight excluding hydrogens is 214 g/mol. The molecule has 0 aromatic heterocycles. The SMILES string of the molecule is CCCCOCCCNCCOCCC(C)C. The fourth-order valence-corrected chi connectivity index (χ4v) is 1.34. The van der Waals surface area contributed by atoms with Gasteiger partial charge in [-0.3, -0.25) is 0 Å². The Morgan fingerprint density at radius 2 is 1.59 bits per heavy atom. The summed E-state index contributed by atoms with van der Waals surface area (Å²) in [4.78, 5) is 0. The molecule has 0 radical (unpaired) electrons. The fraction of sp³-hybridized carbons (Fsp3) is 1.00. The van der Waals surface area contributed by atoms with Crippen molar-refractivity contribution in [1.82, 2.24) is 5.32 Å². The first-order valence-corrected chi connectivity index (χ1v) is 7.13. The maximum Gasteiger partial charge on any atom is 0.0590 e. The van der Waals surface area contributed by atoms with Crippen LogP contribution in [0.2, 0.25) is 0 Å². The van der Waals surface area contributed by atoms with Gasteiger partial charge in [0.05, 0.1) is 6.61 Å². The van der Waals surface area contributed by atoms with Crippen LogP contribution < -0.4 is 5.32 Å². The summed E-state index contributed by atoms with van der Waals surface area (Å²) in [7, 11) is 0. The van der Waals surface area contributed by atoms with Crippen molar-refractivity contribution in [3.8, 4) is 0 Å². The van der Waals surface area contributed by atoms with E-state index in [1.54, 1.807) is 0 Å². The molecule has 0 unspecified atom stereocenters. The van der Waals surface area contributed by atoms with E-state index in [-0.39, 0.29) is 0 Å². The number of unbranched alkanes of at least 4 members (excludes halogenated alkanes) is 1. The topological polar surface area (TPSA) is 30.5 Å². The standard InChI is InChI=1S/C14H31NO2/c1-4-5-10-16-11-6-8-15-9-13-17-12-7-14(2)3/h14-15H,4-13H2,1-3H3. The molecule has 0 aliphatic carbocycles. The van der Waals surface area contributed by atoms with Crippen LogP contribution >= 0.6 is 0 Å². The predicted octanol–water partition coefficient (Wildman–Crippen LogP) is 2.85. The van der Waals surface area contributed by atoms with E-state index < -0.39 is 0 Å². The lowest BCUT2D eigenvalue weighted by Crippen LogP contribution is -2.22. The molecule has 0 aromatic rings. The van der Waals surface area contributed by atoms with Gasteiger partial charge in [0.2, 0.25) is 0 Å². The highest BCUT2D eigenvalue weighted by molar-refractivity contribution is 4.48. The Balaban J connectivity index is 2.89. The molecule has 0 saturated carbocycles. The monoisotopic (exact) mass is 245 g/mol. The van der Waals surface area contributed by atoms with Gasteiger partial charge in [-0.15, -0.1) is 0 Å². The molecule has 1 N–H and O–H groups in total. The summed E-state index contributed by atoms with van der Waals surface area (Å²) in [5.74, 6) is 0.739. The third-order valence-electron chi connectivity index (χ3n) is 2.55. The lowest BCUT2D eigenvalue weighted by molar-refractivity contribution is 0.119. The van der Waals surface area contributed by atoms with E-state index in [4.69, 9.17) is 9.47 Å². The molecule has 3 heteroatoms. The molecule has 0 heterocycles. The largest absolute Gasteiger partial charge is 0.381 e. The maximum atomic E-state index is 5.51. The van der Waals surface area contributed by atoms with Gasteiger partial charge in [-0.2, -0.15) is 0 Å². The molecule has 0 rings (SSSR count). The molecular formula is C14H31NO2. The van der Waals surface area contributed by atoms with Gasteiger partial charge in [-0.25, -0.2) is 0 Å². The fourth-order valence-electron chi connectivity index (χ4n) is 1.34. The van der Waals surface area contributed by atoms with E-state index in [9.17, 15) is 0 Å². The lowest BCUT2D eigenvalue weighted by Gasteiger charge is -2.08. The van der Waals surface area contributed by atoms with Gasteiger partial charge in [-0.1, -0.05) is 27.2 Å². The summed E-state index contributed by atoms with van der Waals surface area (Å²) in [5, 5.41) is 3.36. The van der Waals surface area contributed by atoms with Crippen LogP contribution in [-0.2, 0) is 9.47 Å². The highest BCUT2D eigenvalue weighted by atomic mass is 16.5. The average Bonchev–Trinajstić information content (AvgIpc) is 2.30. The second-order valence-corrected chi connectivity index (χ2v) is 4.86.